The van der Waals surface area contributed by atoms with Crippen molar-refractivity contribution in [2.45, 2.75) is 11.8 Å². The Hall–Kier alpha value is -1.50. The summed E-state index contributed by atoms with van der Waals surface area (Å²) in [4.78, 5) is 3.93. The molecule has 0 unspecified atom stereocenters. The average molecular weight is 332 g/mol. The SMILES string of the molecule is Cc1cc(Cl)c(N)cc1S(=O)(=O)Nc1ccc(Cl)cn1. The number of sulfonamides is 1. The van der Waals surface area contributed by atoms with Gasteiger partial charge in [0.15, 0.2) is 0 Å². The number of nitrogen functional groups attached to an aromatic ring is 1. The number of pyridine rings is 1. The molecule has 0 aliphatic heterocycles. The Labute approximate surface area is 126 Å². The van der Waals surface area contributed by atoms with E-state index in [1.807, 2.05) is 0 Å². The minimum Gasteiger partial charge on any atom is -0.397 e. The fourth-order valence-electron chi connectivity index (χ4n) is 1.59. The van der Waals surface area contributed by atoms with Gasteiger partial charge in [-0.2, -0.15) is 0 Å². The lowest BCUT2D eigenvalue weighted by Crippen LogP contribution is -2.15. The molecule has 0 atom stereocenters. The van der Waals surface area contributed by atoms with E-state index in [-0.39, 0.29) is 16.4 Å². The second-order valence-corrected chi connectivity index (χ2v) is 6.60. The van der Waals surface area contributed by atoms with Gasteiger partial charge in [0.1, 0.15) is 5.82 Å². The molecule has 5 nitrogen and oxygen atoms in total. The lowest BCUT2D eigenvalue weighted by Gasteiger charge is -2.11. The zero-order valence-electron chi connectivity index (χ0n) is 10.4. The van der Waals surface area contributed by atoms with Gasteiger partial charge in [-0.15, -0.1) is 0 Å². The van der Waals surface area contributed by atoms with Gasteiger partial charge in [0, 0.05) is 6.20 Å². The molecule has 0 spiro atoms. The molecular formula is C12H11Cl2N3O2S. The van der Waals surface area contributed by atoms with Crippen LogP contribution >= 0.6 is 23.2 Å². The fraction of sp³-hybridized carbons (Fsp3) is 0.0833. The lowest BCUT2D eigenvalue weighted by atomic mass is 10.2. The van der Waals surface area contributed by atoms with Crippen molar-refractivity contribution in [1.29, 1.82) is 0 Å². The number of hydrogen-bond donors (Lipinski definition) is 2. The van der Waals surface area contributed by atoms with Crippen molar-refractivity contribution in [3.05, 3.63) is 46.1 Å². The molecule has 1 aromatic carbocycles. The maximum absolute atomic E-state index is 12.3. The van der Waals surface area contributed by atoms with Crippen LogP contribution in [0.15, 0.2) is 35.4 Å². The Balaban J connectivity index is 2.40. The third-order valence-electron chi connectivity index (χ3n) is 2.55. The van der Waals surface area contributed by atoms with Crippen LogP contribution in [0.3, 0.4) is 0 Å². The number of benzene rings is 1. The summed E-state index contributed by atoms with van der Waals surface area (Å²) in [5.41, 5.74) is 6.33. The monoisotopic (exact) mass is 331 g/mol. The minimum absolute atomic E-state index is 0.0520. The molecular weight excluding hydrogens is 321 g/mol. The number of nitrogens with one attached hydrogen (secondary N) is 1. The molecule has 0 radical (unpaired) electrons. The summed E-state index contributed by atoms with van der Waals surface area (Å²) in [6, 6.07) is 5.82. The molecule has 0 amide bonds. The van der Waals surface area contributed by atoms with E-state index in [1.165, 1.54) is 30.5 Å². The number of nitrogens with zero attached hydrogens (tertiary/aromatic N) is 1. The first-order valence-electron chi connectivity index (χ1n) is 5.49. The van der Waals surface area contributed by atoms with Gasteiger partial charge in [0.25, 0.3) is 10.0 Å². The van der Waals surface area contributed by atoms with Gasteiger partial charge in [-0.05, 0) is 36.8 Å². The van der Waals surface area contributed by atoms with E-state index in [9.17, 15) is 8.42 Å². The molecule has 0 saturated heterocycles. The Morgan fingerprint density at radius 1 is 1.25 bits per heavy atom. The highest BCUT2D eigenvalue weighted by molar-refractivity contribution is 7.92. The second-order valence-electron chi connectivity index (χ2n) is 4.11. The summed E-state index contributed by atoms with van der Waals surface area (Å²) in [6.07, 6.45) is 1.35. The van der Waals surface area contributed by atoms with Crippen LogP contribution in [0.5, 0.6) is 0 Å². The molecule has 2 aromatic rings. The predicted octanol–water partition coefficient (Wildman–Crippen LogP) is 3.08. The number of aromatic nitrogens is 1. The fourth-order valence-corrected chi connectivity index (χ4v) is 3.19. The predicted molar refractivity (Wildman–Crippen MR) is 80.7 cm³/mol. The molecule has 20 heavy (non-hydrogen) atoms. The molecule has 1 heterocycles. The first-order chi connectivity index (χ1) is 9.29. The molecule has 0 bridgehead atoms. The van der Waals surface area contributed by atoms with E-state index in [1.54, 1.807) is 6.92 Å². The first-order valence-corrected chi connectivity index (χ1v) is 7.73. The highest BCUT2D eigenvalue weighted by atomic mass is 35.5. The number of aryl methyl sites for hydroxylation is 1. The summed E-state index contributed by atoms with van der Waals surface area (Å²) in [5.74, 6) is 0.169. The van der Waals surface area contributed by atoms with Crippen molar-refractivity contribution in [3.63, 3.8) is 0 Å². The van der Waals surface area contributed by atoms with Crippen LogP contribution in [0.4, 0.5) is 11.5 Å². The number of halogens is 2. The molecule has 106 valence electrons. The smallest absolute Gasteiger partial charge is 0.263 e. The van der Waals surface area contributed by atoms with E-state index in [4.69, 9.17) is 28.9 Å². The van der Waals surface area contributed by atoms with Gasteiger partial charge >= 0.3 is 0 Å². The van der Waals surface area contributed by atoms with Gasteiger partial charge < -0.3 is 5.73 Å². The van der Waals surface area contributed by atoms with Crippen molar-refractivity contribution < 1.29 is 8.42 Å². The van der Waals surface area contributed by atoms with Crippen LogP contribution in [0.2, 0.25) is 10.0 Å². The van der Waals surface area contributed by atoms with E-state index < -0.39 is 10.0 Å². The van der Waals surface area contributed by atoms with Crippen molar-refractivity contribution in [2.75, 3.05) is 10.5 Å². The molecule has 0 aliphatic rings. The van der Waals surface area contributed by atoms with E-state index in [0.29, 0.717) is 15.6 Å². The van der Waals surface area contributed by atoms with Crippen molar-refractivity contribution >= 4 is 44.7 Å². The van der Waals surface area contributed by atoms with E-state index in [2.05, 4.69) is 9.71 Å². The molecule has 0 fully saturated rings. The summed E-state index contributed by atoms with van der Waals surface area (Å²) in [6.45, 7) is 1.63. The summed E-state index contributed by atoms with van der Waals surface area (Å²) < 4.78 is 26.9. The van der Waals surface area contributed by atoms with Crippen molar-refractivity contribution in [3.8, 4) is 0 Å². The Morgan fingerprint density at radius 2 is 1.95 bits per heavy atom. The maximum Gasteiger partial charge on any atom is 0.263 e. The lowest BCUT2D eigenvalue weighted by molar-refractivity contribution is 0.600. The van der Waals surface area contributed by atoms with E-state index in [0.717, 1.165) is 0 Å². The highest BCUT2D eigenvalue weighted by Crippen LogP contribution is 2.27. The number of hydrogen-bond acceptors (Lipinski definition) is 4. The normalized spacial score (nSPS) is 11.3. The van der Waals surface area contributed by atoms with Crippen LogP contribution in [0, 0.1) is 6.92 Å². The molecule has 1 aromatic heterocycles. The first kappa shape index (κ1) is 14.9. The van der Waals surface area contributed by atoms with Crippen LogP contribution in [-0.4, -0.2) is 13.4 Å². The third kappa shape index (κ3) is 3.15. The molecule has 8 heteroatoms. The summed E-state index contributed by atoms with van der Waals surface area (Å²) in [7, 11) is -3.79. The minimum atomic E-state index is -3.79. The maximum atomic E-state index is 12.3. The molecule has 0 saturated carbocycles. The summed E-state index contributed by atoms with van der Waals surface area (Å²) in [5, 5.41) is 0.728. The number of rotatable bonds is 3. The molecule has 2 rings (SSSR count). The van der Waals surface area contributed by atoms with Crippen molar-refractivity contribution in [1.82, 2.24) is 4.98 Å². The number of nitrogens with two attached hydrogens (primary N) is 1. The zero-order valence-corrected chi connectivity index (χ0v) is 12.7. The molecule has 3 N–H and O–H groups in total. The third-order valence-corrected chi connectivity index (χ3v) is 4.60. The Morgan fingerprint density at radius 3 is 2.55 bits per heavy atom. The largest absolute Gasteiger partial charge is 0.397 e. The Bertz CT molecular complexity index is 746. The van der Waals surface area contributed by atoms with Crippen LogP contribution in [0.25, 0.3) is 0 Å². The van der Waals surface area contributed by atoms with Gasteiger partial charge in [-0.25, -0.2) is 13.4 Å². The molecule has 0 aliphatic carbocycles. The standard InChI is InChI=1S/C12H11Cl2N3O2S/c1-7-4-9(14)10(15)5-11(7)20(18,19)17-12-3-2-8(13)6-16-12/h2-6H,15H2,1H3,(H,16,17). The highest BCUT2D eigenvalue weighted by Gasteiger charge is 2.19. The van der Waals surface area contributed by atoms with Crippen molar-refractivity contribution in [2.24, 2.45) is 0 Å². The van der Waals surface area contributed by atoms with Gasteiger partial charge in [-0.1, -0.05) is 23.2 Å². The average Bonchev–Trinajstić information content (AvgIpc) is 2.36. The summed E-state index contributed by atoms with van der Waals surface area (Å²) >= 11 is 11.5. The van der Waals surface area contributed by atoms with Crippen LogP contribution < -0.4 is 10.5 Å². The van der Waals surface area contributed by atoms with Crippen LogP contribution in [0.1, 0.15) is 5.56 Å². The zero-order chi connectivity index (χ0) is 14.9. The van der Waals surface area contributed by atoms with Gasteiger partial charge in [0.05, 0.1) is 20.6 Å². The van der Waals surface area contributed by atoms with Gasteiger partial charge in [-0.3, -0.25) is 4.72 Å². The van der Waals surface area contributed by atoms with E-state index >= 15 is 0 Å². The second kappa shape index (κ2) is 5.47. The topological polar surface area (TPSA) is 85.1 Å². The van der Waals surface area contributed by atoms with Gasteiger partial charge in [0.2, 0.25) is 0 Å². The number of anilines is 2. The quantitative estimate of drug-likeness (QED) is 0.846. The Kier molecular flexibility index (Phi) is 4.08. The van der Waals surface area contributed by atoms with Crippen LogP contribution in [-0.2, 0) is 10.0 Å².